The molecule has 0 atom stereocenters. The Hall–Kier alpha value is -1.49. The molecule has 2 rings (SSSR count). The number of aromatic nitrogens is 3. The molecule has 0 aliphatic carbocycles. The van der Waals surface area contributed by atoms with E-state index in [1.165, 1.54) is 6.33 Å². The SMILES string of the molecule is CC(C)n1ncnc1CC(=O)Cc1cccs1. The number of thiophene rings is 1. The fourth-order valence-electron chi connectivity index (χ4n) is 1.68. The first-order chi connectivity index (χ1) is 8.16. The third kappa shape index (κ3) is 3.00. The lowest BCUT2D eigenvalue weighted by Crippen LogP contribution is -2.14. The van der Waals surface area contributed by atoms with E-state index in [9.17, 15) is 4.79 Å². The van der Waals surface area contributed by atoms with Crippen molar-refractivity contribution in [3.63, 3.8) is 0 Å². The summed E-state index contributed by atoms with van der Waals surface area (Å²) in [7, 11) is 0. The number of rotatable bonds is 5. The zero-order valence-electron chi connectivity index (χ0n) is 9.96. The van der Waals surface area contributed by atoms with Crippen molar-refractivity contribution >= 4 is 17.1 Å². The van der Waals surface area contributed by atoms with Crippen LogP contribution in [0.5, 0.6) is 0 Å². The van der Waals surface area contributed by atoms with E-state index in [2.05, 4.69) is 10.1 Å². The molecule has 5 heteroatoms. The van der Waals surface area contributed by atoms with E-state index in [-0.39, 0.29) is 11.8 Å². The highest BCUT2D eigenvalue weighted by Crippen LogP contribution is 2.12. The van der Waals surface area contributed by atoms with Crippen LogP contribution in [0.15, 0.2) is 23.8 Å². The molecule has 0 unspecified atom stereocenters. The molecule has 0 radical (unpaired) electrons. The van der Waals surface area contributed by atoms with Crippen molar-refractivity contribution in [1.29, 1.82) is 0 Å². The average Bonchev–Trinajstić information content (AvgIpc) is 2.88. The third-order valence-corrected chi connectivity index (χ3v) is 3.32. The van der Waals surface area contributed by atoms with Gasteiger partial charge in [-0.25, -0.2) is 9.67 Å². The molecule has 0 aromatic carbocycles. The Morgan fingerprint density at radius 3 is 2.94 bits per heavy atom. The predicted octanol–water partition coefficient (Wildman–Crippen LogP) is 2.27. The molecule has 2 aromatic rings. The van der Waals surface area contributed by atoms with Crippen LogP contribution in [-0.2, 0) is 17.6 Å². The Balaban J connectivity index is 2.01. The van der Waals surface area contributed by atoms with Crippen LogP contribution in [0.2, 0.25) is 0 Å². The Morgan fingerprint density at radius 1 is 1.47 bits per heavy atom. The van der Waals surface area contributed by atoms with Crippen molar-refractivity contribution in [2.45, 2.75) is 32.7 Å². The van der Waals surface area contributed by atoms with Crippen LogP contribution in [0, 0.1) is 0 Å². The van der Waals surface area contributed by atoms with Crippen molar-refractivity contribution < 1.29 is 4.79 Å². The number of ketones is 1. The molecule has 0 N–H and O–H groups in total. The van der Waals surface area contributed by atoms with Gasteiger partial charge in [0.05, 0.1) is 6.42 Å². The molecule has 4 nitrogen and oxygen atoms in total. The number of hydrogen-bond acceptors (Lipinski definition) is 4. The van der Waals surface area contributed by atoms with Crippen LogP contribution < -0.4 is 0 Å². The summed E-state index contributed by atoms with van der Waals surface area (Å²) in [6, 6.07) is 4.18. The van der Waals surface area contributed by atoms with Gasteiger partial charge in [0, 0.05) is 17.3 Å². The predicted molar refractivity (Wildman–Crippen MR) is 67.1 cm³/mol. The number of hydrogen-bond donors (Lipinski definition) is 0. The average molecular weight is 249 g/mol. The standard InChI is InChI=1S/C12H15N3OS/c1-9(2)15-12(13-8-14-15)7-10(16)6-11-4-3-5-17-11/h3-5,8-9H,6-7H2,1-2H3. The molecule has 0 amide bonds. The fourth-order valence-corrected chi connectivity index (χ4v) is 2.41. The summed E-state index contributed by atoms with van der Waals surface area (Å²) in [6.45, 7) is 4.06. The minimum atomic E-state index is 0.183. The lowest BCUT2D eigenvalue weighted by Gasteiger charge is -2.08. The molecule has 90 valence electrons. The molecule has 0 aliphatic rings. The fraction of sp³-hybridized carbons (Fsp3) is 0.417. The summed E-state index contributed by atoms with van der Waals surface area (Å²) < 4.78 is 1.80. The minimum absolute atomic E-state index is 0.183. The zero-order chi connectivity index (χ0) is 12.3. The molecule has 2 aromatic heterocycles. The number of Topliss-reactive ketones (excluding diaryl/α,β-unsaturated/α-hetero) is 1. The largest absolute Gasteiger partial charge is 0.299 e. The van der Waals surface area contributed by atoms with Crippen LogP contribution in [0.25, 0.3) is 0 Å². The summed E-state index contributed by atoms with van der Waals surface area (Å²) in [5, 5.41) is 6.11. The maximum Gasteiger partial charge on any atom is 0.145 e. The summed E-state index contributed by atoms with van der Waals surface area (Å²) in [5.41, 5.74) is 0. The van der Waals surface area contributed by atoms with Crippen LogP contribution in [0.1, 0.15) is 30.6 Å². The van der Waals surface area contributed by atoms with Gasteiger partial charge < -0.3 is 0 Å². The van der Waals surface area contributed by atoms with Crippen LogP contribution >= 0.6 is 11.3 Å². The smallest absolute Gasteiger partial charge is 0.145 e. The highest BCUT2D eigenvalue weighted by Gasteiger charge is 2.12. The Labute approximate surface area is 104 Å². The van der Waals surface area contributed by atoms with Crippen LogP contribution in [0.3, 0.4) is 0 Å². The van der Waals surface area contributed by atoms with Crippen molar-refractivity contribution in [2.24, 2.45) is 0 Å². The molecule has 0 saturated heterocycles. The maximum absolute atomic E-state index is 11.9. The summed E-state index contributed by atoms with van der Waals surface area (Å²) in [5.74, 6) is 0.934. The quantitative estimate of drug-likeness (QED) is 0.816. The first-order valence-electron chi connectivity index (χ1n) is 5.59. The first-order valence-corrected chi connectivity index (χ1v) is 6.47. The second kappa shape index (κ2) is 5.23. The second-order valence-electron chi connectivity index (χ2n) is 4.19. The first kappa shape index (κ1) is 12.0. The van der Waals surface area contributed by atoms with E-state index >= 15 is 0 Å². The molecule has 0 aliphatic heterocycles. The molecule has 2 heterocycles. The van der Waals surface area contributed by atoms with E-state index in [4.69, 9.17) is 0 Å². The van der Waals surface area contributed by atoms with Gasteiger partial charge in [-0.3, -0.25) is 4.79 Å². The topological polar surface area (TPSA) is 47.8 Å². The lowest BCUT2D eigenvalue weighted by molar-refractivity contribution is -0.117. The zero-order valence-corrected chi connectivity index (χ0v) is 10.8. The molecular weight excluding hydrogens is 234 g/mol. The highest BCUT2D eigenvalue weighted by molar-refractivity contribution is 7.10. The van der Waals surface area contributed by atoms with Crippen LogP contribution in [-0.4, -0.2) is 20.5 Å². The molecule has 17 heavy (non-hydrogen) atoms. The summed E-state index contributed by atoms with van der Waals surface area (Å²) in [6.07, 6.45) is 2.35. The summed E-state index contributed by atoms with van der Waals surface area (Å²) >= 11 is 1.61. The van der Waals surface area contributed by atoms with Crippen molar-refractivity contribution in [3.05, 3.63) is 34.5 Å². The molecule has 0 fully saturated rings. The molecule has 0 saturated carbocycles. The highest BCUT2D eigenvalue weighted by atomic mass is 32.1. The molecular formula is C12H15N3OS. The van der Waals surface area contributed by atoms with Gasteiger partial charge in [-0.15, -0.1) is 11.3 Å². The van der Waals surface area contributed by atoms with Gasteiger partial charge >= 0.3 is 0 Å². The Morgan fingerprint density at radius 2 is 2.29 bits per heavy atom. The van der Waals surface area contributed by atoms with Gasteiger partial charge in [-0.2, -0.15) is 5.10 Å². The van der Waals surface area contributed by atoms with Crippen molar-refractivity contribution in [1.82, 2.24) is 14.8 Å². The van der Waals surface area contributed by atoms with Gasteiger partial charge in [0.15, 0.2) is 0 Å². The van der Waals surface area contributed by atoms with Gasteiger partial charge in [-0.1, -0.05) is 6.07 Å². The lowest BCUT2D eigenvalue weighted by atomic mass is 10.2. The summed E-state index contributed by atoms with van der Waals surface area (Å²) in [4.78, 5) is 17.1. The van der Waals surface area contributed by atoms with Crippen molar-refractivity contribution in [2.75, 3.05) is 0 Å². The van der Waals surface area contributed by atoms with Gasteiger partial charge in [0.1, 0.15) is 17.9 Å². The normalized spacial score (nSPS) is 11.0. The maximum atomic E-state index is 11.9. The number of carbonyl (C=O) groups is 1. The second-order valence-corrected chi connectivity index (χ2v) is 5.22. The molecule has 0 bridgehead atoms. The van der Waals surface area contributed by atoms with E-state index in [0.29, 0.717) is 12.8 Å². The number of carbonyl (C=O) groups excluding carboxylic acids is 1. The van der Waals surface area contributed by atoms with E-state index in [1.807, 2.05) is 31.4 Å². The number of nitrogens with zero attached hydrogens (tertiary/aromatic N) is 3. The Bertz CT molecular complexity index is 488. The minimum Gasteiger partial charge on any atom is -0.299 e. The monoisotopic (exact) mass is 249 g/mol. The van der Waals surface area contributed by atoms with E-state index in [0.717, 1.165) is 10.7 Å². The van der Waals surface area contributed by atoms with Crippen molar-refractivity contribution in [3.8, 4) is 0 Å². The van der Waals surface area contributed by atoms with Crippen LogP contribution in [0.4, 0.5) is 0 Å². The third-order valence-electron chi connectivity index (χ3n) is 2.44. The molecule has 0 spiro atoms. The Kier molecular flexibility index (Phi) is 3.68. The van der Waals surface area contributed by atoms with Gasteiger partial charge in [0.2, 0.25) is 0 Å². The van der Waals surface area contributed by atoms with Gasteiger partial charge in [-0.05, 0) is 25.3 Å². The van der Waals surface area contributed by atoms with E-state index in [1.54, 1.807) is 16.0 Å². The van der Waals surface area contributed by atoms with Gasteiger partial charge in [0.25, 0.3) is 0 Å². The van der Waals surface area contributed by atoms with E-state index < -0.39 is 0 Å².